The Hall–Kier alpha value is -6.25. The molecule has 468 valence electrons. The van der Waals surface area contributed by atoms with Gasteiger partial charge in [0.05, 0.1) is 21.7 Å². The molecule has 10 rings (SSSR count). The molecule has 5 aromatic carbocycles. The van der Waals surface area contributed by atoms with Gasteiger partial charge in [0.2, 0.25) is 11.8 Å². The molecule has 1 aliphatic carbocycles. The van der Waals surface area contributed by atoms with E-state index in [2.05, 4.69) is 56.2 Å². The van der Waals surface area contributed by atoms with Gasteiger partial charge >= 0.3 is 5.51 Å². The average molecular weight is 1300 g/mol. The fourth-order valence-corrected chi connectivity index (χ4v) is 16.1. The number of hydrogen-bond donors (Lipinski definition) is 3. The molecule has 0 aromatic heterocycles. The summed E-state index contributed by atoms with van der Waals surface area (Å²) < 4.78 is 99.9. The van der Waals surface area contributed by atoms with Crippen LogP contribution in [0, 0.1) is 5.41 Å². The number of carbonyl (C=O) groups excluding carboxylic acids is 5. The zero-order chi connectivity index (χ0) is 62.5. The van der Waals surface area contributed by atoms with Crippen LogP contribution >= 0.6 is 35.1 Å². The fourth-order valence-electron chi connectivity index (χ4n) is 12.0. The number of allylic oxidation sites excluding steroid dienone is 1. The zero-order valence-corrected chi connectivity index (χ0v) is 52.8. The second-order valence-corrected chi connectivity index (χ2v) is 29.8. The van der Waals surface area contributed by atoms with Crippen molar-refractivity contribution in [3.63, 3.8) is 0 Å². The van der Waals surface area contributed by atoms with E-state index in [4.69, 9.17) is 11.6 Å². The van der Waals surface area contributed by atoms with Crippen molar-refractivity contribution in [1.29, 1.82) is 0 Å². The molecule has 2 atom stereocenters. The zero-order valence-electron chi connectivity index (χ0n) is 48.8. The van der Waals surface area contributed by atoms with Crippen molar-refractivity contribution in [2.75, 3.05) is 93.7 Å². The minimum absolute atomic E-state index is 0.0256. The number of anilines is 2. The summed E-state index contributed by atoms with van der Waals surface area (Å²) in [6.07, 6.45) is 4.32. The highest BCUT2D eigenvalue weighted by molar-refractivity contribution is 7.99. The molecule has 5 amide bonds. The van der Waals surface area contributed by atoms with Crippen molar-refractivity contribution in [2.45, 2.75) is 96.0 Å². The van der Waals surface area contributed by atoms with E-state index in [9.17, 15) is 54.0 Å². The predicted molar refractivity (Wildman–Crippen MR) is 336 cm³/mol. The first-order valence-electron chi connectivity index (χ1n) is 29.4. The highest BCUT2D eigenvalue weighted by Gasteiger charge is 2.49. The number of sulfonamides is 1. The third-order valence-electron chi connectivity index (χ3n) is 16.8. The Labute approximate surface area is 525 Å². The number of nitrogens with one attached hydrogen (secondary N) is 3. The second-order valence-electron chi connectivity index (χ2n) is 23.5. The number of alkyl halides is 3. The molecule has 17 nitrogen and oxygen atoms in total. The summed E-state index contributed by atoms with van der Waals surface area (Å²) in [5.41, 5.74) is -0.758. The Balaban J connectivity index is 0.741. The number of amides is 5. The molecule has 88 heavy (non-hydrogen) atoms. The van der Waals surface area contributed by atoms with E-state index in [1.807, 2.05) is 47.2 Å². The Morgan fingerprint density at radius 1 is 0.773 bits per heavy atom. The number of hydrogen-bond acceptors (Lipinski definition) is 16. The van der Waals surface area contributed by atoms with Gasteiger partial charge < -0.3 is 20.0 Å². The van der Waals surface area contributed by atoms with Crippen LogP contribution in [0.5, 0.6) is 0 Å². The first-order chi connectivity index (χ1) is 41.9. The SMILES string of the molecule is CC1(C)CCC(c2ccc(Cl)cc2)=C(CN2CCN(c3ccc(C(=O)NS(=O)(=O)c4ccc(N[C@H](CCN5CCN(CCCSc6cccc7c6C(=O)N(C6CCC(=O)NC6=O)C7=O)CC5)CSc5ccccc5)c(S(=O)(=O)C(F)(F)F)c4)cc3)CC2)C1. The van der Waals surface area contributed by atoms with Crippen LogP contribution in [0.4, 0.5) is 24.5 Å². The number of thioether (sulfide) groups is 2. The second kappa shape index (κ2) is 27.5. The number of fused-ring (bicyclic) bond motifs is 1. The monoisotopic (exact) mass is 1300 g/mol. The van der Waals surface area contributed by atoms with E-state index in [1.165, 1.54) is 52.4 Å². The number of piperidine rings is 1. The molecule has 5 aliphatic rings. The molecule has 3 N–H and O–H groups in total. The van der Waals surface area contributed by atoms with E-state index in [0.717, 1.165) is 79.5 Å². The van der Waals surface area contributed by atoms with E-state index < -0.39 is 82.5 Å². The number of halogens is 4. The molecule has 1 unspecified atom stereocenters. The predicted octanol–water partition coefficient (Wildman–Crippen LogP) is 9.70. The van der Waals surface area contributed by atoms with E-state index in [1.54, 1.807) is 30.3 Å². The van der Waals surface area contributed by atoms with Crippen LogP contribution in [0.2, 0.25) is 5.02 Å². The molecule has 5 aromatic rings. The van der Waals surface area contributed by atoms with E-state index in [0.29, 0.717) is 79.7 Å². The summed E-state index contributed by atoms with van der Waals surface area (Å²) in [5.74, 6) is -2.35. The number of sulfone groups is 1. The lowest BCUT2D eigenvalue weighted by atomic mass is 9.73. The molecule has 25 heteroatoms. The first-order valence-corrected chi connectivity index (χ1v) is 34.7. The van der Waals surface area contributed by atoms with Gasteiger partial charge in [-0.3, -0.25) is 39.1 Å². The summed E-state index contributed by atoms with van der Waals surface area (Å²) in [6, 6.07) is 29.5. The van der Waals surface area contributed by atoms with Gasteiger partial charge in [-0.05, 0) is 146 Å². The topological polar surface area (TPSA) is 206 Å². The van der Waals surface area contributed by atoms with Gasteiger partial charge in [-0.1, -0.05) is 67.4 Å². The van der Waals surface area contributed by atoms with Crippen molar-refractivity contribution in [2.24, 2.45) is 5.41 Å². The number of piperazine rings is 2. The summed E-state index contributed by atoms with van der Waals surface area (Å²) >= 11 is 9.08. The van der Waals surface area contributed by atoms with Crippen LogP contribution in [0.1, 0.15) is 95.4 Å². The summed E-state index contributed by atoms with van der Waals surface area (Å²) in [6.45, 7) is 12.5. The first kappa shape index (κ1) is 64.7. The van der Waals surface area contributed by atoms with Crippen LogP contribution in [-0.4, -0.2) is 167 Å². The van der Waals surface area contributed by atoms with Crippen molar-refractivity contribution < 1.29 is 54.0 Å². The molecule has 0 bridgehead atoms. The minimum Gasteiger partial charge on any atom is -0.380 e. The minimum atomic E-state index is -6.15. The maximum Gasteiger partial charge on any atom is 0.501 e. The van der Waals surface area contributed by atoms with Gasteiger partial charge in [-0.25, -0.2) is 21.6 Å². The Bertz CT molecular complexity index is 3700. The molecule has 4 aliphatic heterocycles. The number of imide groups is 2. The maximum absolute atomic E-state index is 14.5. The van der Waals surface area contributed by atoms with Crippen LogP contribution in [-0.2, 0) is 29.4 Å². The summed E-state index contributed by atoms with van der Waals surface area (Å²) in [7, 11) is -11.1. The van der Waals surface area contributed by atoms with Crippen molar-refractivity contribution in [3.05, 3.63) is 148 Å². The smallest absolute Gasteiger partial charge is 0.380 e. The maximum atomic E-state index is 14.5. The lowest BCUT2D eigenvalue weighted by Gasteiger charge is -2.39. The quantitative estimate of drug-likeness (QED) is 0.0335. The normalized spacial score (nSPS) is 19.4. The van der Waals surface area contributed by atoms with Gasteiger partial charge in [0.15, 0.2) is 0 Å². The molecular weight excluding hydrogens is 1230 g/mol. The van der Waals surface area contributed by atoms with Gasteiger partial charge in [0.1, 0.15) is 10.9 Å². The lowest BCUT2D eigenvalue weighted by Crippen LogP contribution is -2.54. The number of rotatable bonds is 22. The fraction of sp³-hybridized carbons (Fsp3) is 0.413. The Morgan fingerprint density at radius 2 is 1.45 bits per heavy atom. The standard InChI is InChI=1S/C63H70ClF3N8O9S4/c1-62(2)26-24-50(42-12-16-45(64)17-13-42)44(39-62)40-73-33-35-74(36-34-73)47-18-14-43(15-19-47)58(77)70-88(83,84)49-20-21-52(55(38-49)87(81,82)63(65,66)67)68-46(41-86-48-8-4-3-5-9-48)25-28-72-31-29-71(30-32-72)27-7-37-85-54-11-6-10-51-57(54)61(80)75(60(51)79)53-22-23-56(76)69-59(53)78/h3-6,8-21,38,46,53,68H,7,22-37,39-41H2,1-2H3,(H,70,77)(H,69,76,78)/t46-,53?/m1/s1. The molecule has 4 heterocycles. The number of nitrogens with zero attached hydrogens (tertiary/aromatic N) is 5. The van der Waals surface area contributed by atoms with Crippen LogP contribution in [0.15, 0.2) is 140 Å². The molecule has 0 spiro atoms. The number of benzene rings is 5. The molecular formula is C63H70ClF3N8O9S4. The Kier molecular flexibility index (Phi) is 20.2. The van der Waals surface area contributed by atoms with Crippen molar-refractivity contribution in [1.82, 2.24) is 29.6 Å². The molecule has 0 radical (unpaired) electrons. The third-order valence-corrected chi connectivity index (χ3v) is 22.3. The largest absolute Gasteiger partial charge is 0.501 e. The summed E-state index contributed by atoms with van der Waals surface area (Å²) in [5, 5.41) is 5.96. The van der Waals surface area contributed by atoms with Crippen LogP contribution < -0.4 is 20.3 Å². The average Bonchev–Trinajstić information content (AvgIpc) is 1.68. The van der Waals surface area contributed by atoms with Gasteiger partial charge in [-0.2, -0.15) is 13.2 Å². The lowest BCUT2D eigenvalue weighted by molar-refractivity contribution is -0.136. The molecule has 0 saturated carbocycles. The summed E-state index contributed by atoms with van der Waals surface area (Å²) in [4.78, 5) is 74.2. The molecule has 3 saturated heterocycles. The molecule has 3 fully saturated rings. The van der Waals surface area contributed by atoms with E-state index in [-0.39, 0.29) is 34.9 Å². The van der Waals surface area contributed by atoms with Gasteiger partial charge in [0, 0.05) is 110 Å². The van der Waals surface area contributed by atoms with Gasteiger partial charge in [-0.15, -0.1) is 23.5 Å². The third kappa shape index (κ3) is 15.3. The highest BCUT2D eigenvalue weighted by Crippen LogP contribution is 2.44. The van der Waals surface area contributed by atoms with Crippen LogP contribution in [0.3, 0.4) is 0 Å². The van der Waals surface area contributed by atoms with Crippen molar-refractivity contribution >= 4 is 101 Å². The Morgan fingerprint density at radius 3 is 2.14 bits per heavy atom. The van der Waals surface area contributed by atoms with E-state index >= 15 is 0 Å². The highest BCUT2D eigenvalue weighted by atomic mass is 35.5. The van der Waals surface area contributed by atoms with Crippen LogP contribution in [0.25, 0.3) is 5.57 Å². The van der Waals surface area contributed by atoms with Gasteiger partial charge in [0.25, 0.3) is 37.6 Å². The number of carbonyl (C=O) groups is 5. The van der Waals surface area contributed by atoms with Crippen molar-refractivity contribution in [3.8, 4) is 0 Å².